The van der Waals surface area contributed by atoms with Crippen molar-refractivity contribution in [1.82, 2.24) is 0 Å². The van der Waals surface area contributed by atoms with E-state index in [9.17, 15) is 9.59 Å². The molecular weight excluding hydrogens is 262 g/mol. The Labute approximate surface area is 117 Å². The maximum absolute atomic E-state index is 11.4. The minimum absolute atomic E-state index is 0.0454. The summed E-state index contributed by atoms with van der Waals surface area (Å²) < 4.78 is 14.9. The van der Waals surface area contributed by atoms with Gasteiger partial charge in [0.2, 0.25) is 0 Å². The van der Waals surface area contributed by atoms with Gasteiger partial charge in [0.15, 0.2) is 6.61 Å². The summed E-state index contributed by atoms with van der Waals surface area (Å²) in [5.41, 5.74) is 6.17. The Hall–Kier alpha value is -2.24. The number of anilines is 1. The van der Waals surface area contributed by atoms with E-state index >= 15 is 0 Å². The van der Waals surface area contributed by atoms with Gasteiger partial charge in [-0.2, -0.15) is 0 Å². The normalized spacial score (nSPS) is 10.2. The number of hydrogen-bond acceptors (Lipinski definition) is 6. The molecule has 20 heavy (non-hydrogen) atoms. The van der Waals surface area contributed by atoms with Gasteiger partial charge in [-0.15, -0.1) is 0 Å². The van der Waals surface area contributed by atoms with Gasteiger partial charge in [0.05, 0.1) is 19.1 Å². The Bertz CT molecular complexity index is 459. The van der Waals surface area contributed by atoms with Crippen LogP contribution in [-0.2, 0) is 19.1 Å². The molecule has 110 valence electrons. The number of hydrogen-bond donors (Lipinski definition) is 1. The molecule has 0 atom stereocenters. The predicted octanol–water partition coefficient (Wildman–Crippen LogP) is 1.53. The lowest BCUT2D eigenvalue weighted by Crippen LogP contribution is -2.20. The zero-order valence-electron chi connectivity index (χ0n) is 11.6. The summed E-state index contributed by atoms with van der Waals surface area (Å²) in [6, 6.07) is 6.89. The molecule has 0 spiro atoms. The molecule has 1 rings (SSSR count). The standard InChI is InChI=1S/C14H19NO5/c1-10(2)20-14(17)9-19-13(16)6-7-18-12-5-3-4-11(15)8-12/h3-5,8,10H,6-7,9,15H2,1-2H3. The van der Waals surface area contributed by atoms with Gasteiger partial charge >= 0.3 is 11.9 Å². The first-order chi connectivity index (χ1) is 9.47. The third kappa shape index (κ3) is 6.63. The van der Waals surface area contributed by atoms with Gasteiger partial charge in [-0.05, 0) is 26.0 Å². The molecule has 2 N–H and O–H groups in total. The molecular formula is C14H19NO5. The lowest BCUT2D eigenvalue weighted by Gasteiger charge is -2.09. The van der Waals surface area contributed by atoms with Crippen LogP contribution in [0.15, 0.2) is 24.3 Å². The van der Waals surface area contributed by atoms with Crippen LogP contribution in [0.2, 0.25) is 0 Å². The van der Waals surface area contributed by atoms with E-state index in [0.717, 1.165) is 0 Å². The highest BCUT2D eigenvalue weighted by atomic mass is 16.6. The highest BCUT2D eigenvalue weighted by Gasteiger charge is 2.10. The van der Waals surface area contributed by atoms with E-state index in [4.69, 9.17) is 19.9 Å². The van der Waals surface area contributed by atoms with Gasteiger partial charge < -0.3 is 19.9 Å². The summed E-state index contributed by atoms with van der Waals surface area (Å²) in [4.78, 5) is 22.5. The van der Waals surface area contributed by atoms with E-state index < -0.39 is 11.9 Å². The fourth-order valence-corrected chi connectivity index (χ4v) is 1.37. The molecule has 0 unspecified atom stereocenters. The van der Waals surface area contributed by atoms with E-state index in [0.29, 0.717) is 11.4 Å². The molecule has 0 aliphatic carbocycles. The predicted molar refractivity (Wildman–Crippen MR) is 73.2 cm³/mol. The van der Waals surface area contributed by atoms with E-state index in [1.54, 1.807) is 38.1 Å². The summed E-state index contributed by atoms with van der Waals surface area (Å²) in [6.45, 7) is 3.22. The molecule has 6 heteroatoms. The molecule has 0 bridgehead atoms. The zero-order chi connectivity index (χ0) is 15.0. The van der Waals surface area contributed by atoms with E-state index in [-0.39, 0.29) is 25.7 Å². The number of carbonyl (C=O) groups excluding carboxylic acids is 2. The molecule has 6 nitrogen and oxygen atoms in total. The monoisotopic (exact) mass is 281 g/mol. The van der Waals surface area contributed by atoms with Crippen LogP contribution in [0.4, 0.5) is 5.69 Å². The summed E-state index contributed by atoms with van der Waals surface area (Å²) in [5, 5.41) is 0. The van der Waals surface area contributed by atoms with E-state index in [1.807, 2.05) is 0 Å². The van der Waals surface area contributed by atoms with Crippen molar-refractivity contribution in [2.24, 2.45) is 0 Å². The van der Waals surface area contributed by atoms with Crippen molar-refractivity contribution < 1.29 is 23.8 Å². The average molecular weight is 281 g/mol. The third-order valence-electron chi connectivity index (χ3n) is 2.15. The van der Waals surface area contributed by atoms with Gasteiger partial charge in [0, 0.05) is 11.8 Å². The van der Waals surface area contributed by atoms with E-state index in [2.05, 4.69) is 0 Å². The highest BCUT2D eigenvalue weighted by Crippen LogP contribution is 2.14. The average Bonchev–Trinajstić information content (AvgIpc) is 2.36. The molecule has 1 aromatic carbocycles. The largest absolute Gasteiger partial charge is 0.493 e. The van der Waals surface area contributed by atoms with Crippen LogP contribution in [0, 0.1) is 0 Å². The van der Waals surface area contributed by atoms with Crippen LogP contribution >= 0.6 is 0 Å². The Morgan fingerprint density at radius 1 is 1.25 bits per heavy atom. The molecule has 0 aliphatic heterocycles. The summed E-state index contributed by atoms with van der Waals surface area (Å²) in [5.74, 6) is -0.503. The lowest BCUT2D eigenvalue weighted by atomic mass is 10.3. The Morgan fingerprint density at radius 2 is 2.00 bits per heavy atom. The number of ether oxygens (including phenoxy) is 3. The number of benzene rings is 1. The van der Waals surface area contributed by atoms with Crippen molar-refractivity contribution in [2.45, 2.75) is 26.4 Å². The first-order valence-corrected chi connectivity index (χ1v) is 6.31. The van der Waals surface area contributed by atoms with Gasteiger partial charge in [0.25, 0.3) is 0 Å². The molecule has 0 saturated carbocycles. The van der Waals surface area contributed by atoms with E-state index in [1.165, 1.54) is 0 Å². The fraction of sp³-hybridized carbons (Fsp3) is 0.429. The van der Waals surface area contributed by atoms with Crippen LogP contribution in [0.3, 0.4) is 0 Å². The van der Waals surface area contributed by atoms with Gasteiger partial charge in [-0.3, -0.25) is 4.79 Å². The fourth-order valence-electron chi connectivity index (χ4n) is 1.37. The van der Waals surface area contributed by atoms with Gasteiger partial charge in [-0.1, -0.05) is 6.07 Å². The summed E-state index contributed by atoms with van der Waals surface area (Å²) >= 11 is 0. The zero-order valence-corrected chi connectivity index (χ0v) is 11.6. The second-order valence-corrected chi connectivity index (χ2v) is 4.37. The molecule has 1 aromatic rings. The Kier molecular flexibility index (Phi) is 6.36. The van der Waals surface area contributed by atoms with Crippen molar-refractivity contribution >= 4 is 17.6 Å². The summed E-state index contributed by atoms with van der Waals surface area (Å²) in [6.07, 6.45) is -0.183. The highest BCUT2D eigenvalue weighted by molar-refractivity contribution is 5.76. The van der Waals surface area contributed by atoms with Crippen LogP contribution in [0.5, 0.6) is 5.75 Å². The Balaban J connectivity index is 2.19. The third-order valence-corrected chi connectivity index (χ3v) is 2.15. The van der Waals surface area contributed by atoms with Crippen molar-refractivity contribution in [3.05, 3.63) is 24.3 Å². The second-order valence-electron chi connectivity index (χ2n) is 4.37. The number of nitrogens with two attached hydrogens (primary N) is 1. The minimum Gasteiger partial charge on any atom is -0.493 e. The van der Waals surface area contributed by atoms with Crippen LogP contribution in [-0.4, -0.2) is 31.3 Å². The minimum atomic E-state index is -0.565. The van der Waals surface area contributed by atoms with Crippen molar-refractivity contribution in [2.75, 3.05) is 18.9 Å². The quantitative estimate of drug-likeness (QED) is 0.602. The van der Waals surface area contributed by atoms with Crippen molar-refractivity contribution in [3.8, 4) is 5.75 Å². The Morgan fingerprint density at radius 3 is 2.65 bits per heavy atom. The first-order valence-electron chi connectivity index (χ1n) is 6.31. The number of esters is 2. The van der Waals surface area contributed by atoms with Gasteiger partial charge in [0.1, 0.15) is 5.75 Å². The number of carbonyl (C=O) groups is 2. The van der Waals surface area contributed by atoms with Crippen molar-refractivity contribution in [3.63, 3.8) is 0 Å². The maximum Gasteiger partial charge on any atom is 0.344 e. The van der Waals surface area contributed by atoms with Crippen LogP contribution in [0.1, 0.15) is 20.3 Å². The molecule has 0 amide bonds. The summed E-state index contributed by atoms with van der Waals surface area (Å²) in [7, 11) is 0. The lowest BCUT2D eigenvalue weighted by molar-refractivity contribution is -0.161. The number of nitrogen functional groups attached to an aromatic ring is 1. The van der Waals surface area contributed by atoms with Crippen LogP contribution in [0.25, 0.3) is 0 Å². The van der Waals surface area contributed by atoms with Crippen LogP contribution < -0.4 is 10.5 Å². The molecule has 0 aliphatic rings. The van der Waals surface area contributed by atoms with Gasteiger partial charge in [-0.25, -0.2) is 4.79 Å². The molecule has 0 heterocycles. The molecule has 0 saturated heterocycles. The topological polar surface area (TPSA) is 87.8 Å². The smallest absolute Gasteiger partial charge is 0.344 e. The molecule has 0 fully saturated rings. The second kappa shape index (κ2) is 8.04. The number of rotatable bonds is 7. The van der Waals surface area contributed by atoms with Crippen molar-refractivity contribution in [1.29, 1.82) is 0 Å². The molecule has 0 aromatic heterocycles. The maximum atomic E-state index is 11.4. The molecule has 0 radical (unpaired) electrons. The SMILES string of the molecule is CC(C)OC(=O)COC(=O)CCOc1cccc(N)c1. The first kappa shape index (κ1) is 15.8.